The topological polar surface area (TPSA) is 40.6 Å². The molecule has 4 heteroatoms. The number of hydrogen-bond acceptors (Lipinski definition) is 2. The van der Waals surface area contributed by atoms with Gasteiger partial charge in [0.05, 0.1) is 11.1 Å². The number of carbonyl (C=O) groups is 2. The van der Waals surface area contributed by atoms with Crippen LogP contribution in [0.1, 0.15) is 38.8 Å². The van der Waals surface area contributed by atoms with Crippen molar-refractivity contribution < 1.29 is 9.59 Å². The van der Waals surface area contributed by atoms with Gasteiger partial charge in [0.1, 0.15) is 0 Å². The lowest BCUT2D eigenvalue weighted by Crippen LogP contribution is -2.35. The third-order valence-electron chi connectivity index (χ3n) is 4.90. The summed E-state index contributed by atoms with van der Waals surface area (Å²) in [7, 11) is 0. The Hall–Kier alpha value is -2.88. The summed E-state index contributed by atoms with van der Waals surface area (Å²) in [5, 5.41) is 0. The van der Waals surface area contributed by atoms with E-state index >= 15 is 0 Å². The van der Waals surface area contributed by atoms with Crippen LogP contribution >= 0.6 is 0 Å². The Morgan fingerprint density at radius 1 is 0.571 bits per heavy atom. The smallest absolute Gasteiger partial charge is 0.255 e. The Morgan fingerprint density at radius 3 is 1.11 bits per heavy atom. The summed E-state index contributed by atoms with van der Waals surface area (Å²) in [6.07, 6.45) is 0. The lowest BCUT2D eigenvalue weighted by molar-refractivity contribution is -0.126. The number of rotatable bonds is 8. The molecule has 2 aromatic rings. The monoisotopic (exact) mass is 378 g/mol. The maximum atomic E-state index is 13.5. The van der Waals surface area contributed by atoms with E-state index in [0.717, 1.165) is 11.1 Å². The largest absolute Gasteiger partial charge is 0.339 e. The van der Waals surface area contributed by atoms with Crippen LogP contribution in [0.15, 0.2) is 60.7 Å². The first kappa shape index (κ1) is 21.4. The third kappa shape index (κ3) is 4.69. The fourth-order valence-corrected chi connectivity index (χ4v) is 3.30. The van der Waals surface area contributed by atoms with Crippen molar-refractivity contribution in [2.24, 2.45) is 0 Å². The second-order valence-corrected chi connectivity index (χ2v) is 6.44. The Morgan fingerprint density at radius 2 is 0.857 bits per heavy atom. The lowest BCUT2D eigenvalue weighted by Gasteiger charge is -2.26. The van der Waals surface area contributed by atoms with Gasteiger partial charge in [-0.15, -0.1) is 0 Å². The molecule has 0 aliphatic heterocycles. The van der Waals surface area contributed by atoms with Crippen LogP contribution in [-0.4, -0.2) is 47.8 Å². The molecule has 2 amide bonds. The van der Waals surface area contributed by atoms with Crippen LogP contribution in [0.3, 0.4) is 0 Å². The summed E-state index contributed by atoms with van der Waals surface area (Å²) in [4.78, 5) is 30.6. The Kier molecular flexibility index (Phi) is 8.00. The first-order valence-electron chi connectivity index (χ1n) is 10.0. The van der Waals surface area contributed by atoms with Gasteiger partial charge in [-0.1, -0.05) is 60.7 Å². The summed E-state index contributed by atoms with van der Waals surface area (Å²) in [5.41, 5.74) is 2.46. The predicted molar refractivity (Wildman–Crippen MR) is 116 cm³/mol. The molecule has 2 rings (SSSR count). The minimum Gasteiger partial charge on any atom is -0.339 e. The van der Waals surface area contributed by atoms with E-state index < -0.39 is 0 Å². The maximum absolute atomic E-state index is 13.5. The molecule has 0 aliphatic carbocycles. The van der Waals surface area contributed by atoms with E-state index in [4.69, 9.17) is 0 Å². The standard InChI is InChI=1S/C24H30N2O2/c1-5-25(6-2)23(27)21(19-15-11-9-12-16-19)22(20-17-13-10-14-18-20)24(28)26(7-3)8-4/h9-18H,5-8H2,1-4H3/b22-21-. The normalized spacial score (nSPS) is 11.6. The summed E-state index contributed by atoms with van der Waals surface area (Å²) < 4.78 is 0. The van der Waals surface area contributed by atoms with E-state index in [0.29, 0.717) is 37.3 Å². The van der Waals surface area contributed by atoms with Gasteiger partial charge < -0.3 is 9.80 Å². The van der Waals surface area contributed by atoms with E-state index in [-0.39, 0.29) is 11.8 Å². The summed E-state index contributed by atoms with van der Waals surface area (Å²) in [6, 6.07) is 19.0. The van der Waals surface area contributed by atoms with Gasteiger partial charge in [-0.25, -0.2) is 0 Å². The van der Waals surface area contributed by atoms with Crippen LogP contribution in [0.25, 0.3) is 11.1 Å². The number of hydrogen-bond donors (Lipinski definition) is 0. The molecule has 0 bridgehead atoms. The van der Waals surface area contributed by atoms with E-state index in [1.165, 1.54) is 0 Å². The van der Waals surface area contributed by atoms with E-state index in [9.17, 15) is 9.59 Å². The Balaban J connectivity index is 2.83. The van der Waals surface area contributed by atoms with Crippen LogP contribution in [0.4, 0.5) is 0 Å². The van der Waals surface area contributed by atoms with Crippen LogP contribution in [0, 0.1) is 0 Å². The highest BCUT2D eigenvalue weighted by molar-refractivity contribution is 6.39. The fraction of sp³-hybridized carbons (Fsp3) is 0.333. The zero-order chi connectivity index (χ0) is 20.5. The van der Waals surface area contributed by atoms with Crippen molar-refractivity contribution in [3.8, 4) is 0 Å². The highest BCUT2D eigenvalue weighted by atomic mass is 16.2. The van der Waals surface area contributed by atoms with E-state index in [1.54, 1.807) is 9.80 Å². The van der Waals surface area contributed by atoms with Crippen molar-refractivity contribution in [1.29, 1.82) is 0 Å². The van der Waals surface area contributed by atoms with E-state index in [2.05, 4.69) is 0 Å². The number of likely N-dealkylation sites (N-methyl/N-ethyl adjacent to an activating group) is 2. The Labute approximate surface area is 168 Å². The highest BCUT2D eigenvalue weighted by Gasteiger charge is 2.28. The lowest BCUT2D eigenvalue weighted by atomic mass is 9.92. The van der Waals surface area contributed by atoms with Crippen molar-refractivity contribution in [1.82, 2.24) is 9.80 Å². The van der Waals surface area contributed by atoms with Crippen molar-refractivity contribution >= 4 is 23.0 Å². The van der Waals surface area contributed by atoms with Crippen molar-refractivity contribution in [2.75, 3.05) is 26.2 Å². The molecule has 0 aromatic heterocycles. The second kappa shape index (κ2) is 10.5. The van der Waals surface area contributed by atoms with Gasteiger partial charge in [0.2, 0.25) is 0 Å². The molecular weight excluding hydrogens is 348 g/mol. The minimum absolute atomic E-state index is 0.115. The zero-order valence-electron chi connectivity index (χ0n) is 17.3. The molecule has 0 heterocycles. The number of amides is 2. The minimum atomic E-state index is -0.115. The molecule has 0 radical (unpaired) electrons. The fourth-order valence-electron chi connectivity index (χ4n) is 3.30. The number of benzene rings is 2. The van der Waals surface area contributed by atoms with Crippen LogP contribution in [0.2, 0.25) is 0 Å². The van der Waals surface area contributed by atoms with Gasteiger partial charge >= 0.3 is 0 Å². The van der Waals surface area contributed by atoms with Gasteiger partial charge in [-0.2, -0.15) is 0 Å². The molecule has 0 atom stereocenters. The molecule has 4 nitrogen and oxygen atoms in total. The SMILES string of the molecule is CCN(CC)C(=O)/C(=C(\C(=O)N(CC)CC)c1ccccc1)c1ccccc1. The summed E-state index contributed by atoms with van der Waals surface area (Å²) in [5.74, 6) is -0.230. The number of nitrogens with zero attached hydrogens (tertiary/aromatic N) is 2. The average molecular weight is 379 g/mol. The first-order chi connectivity index (χ1) is 13.6. The van der Waals surface area contributed by atoms with Crippen LogP contribution in [0.5, 0.6) is 0 Å². The van der Waals surface area contributed by atoms with Crippen molar-refractivity contribution in [3.63, 3.8) is 0 Å². The van der Waals surface area contributed by atoms with Gasteiger partial charge in [0.15, 0.2) is 0 Å². The average Bonchev–Trinajstić information content (AvgIpc) is 2.74. The van der Waals surface area contributed by atoms with Gasteiger partial charge in [-0.3, -0.25) is 9.59 Å². The highest BCUT2D eigenvalue weighted by Crippen LogP contribution is 2.30. The van der Waals surface area contributed by atoms with Gasteiger partial charge in [0.25, 0.3) is 11.8 Å². The Bertz CT molecular complexity index is 736. The molecule has 0 fully saturated rings. The molecule has 0 spiro atoms. The molecule has 0 aliphatic rings. The third-order valence-corrected chi connectivity index (χ3v) is 4.90. The quantitative estimate of drug-likeness (QED) is 0.507. The van der Waals surface area contributed by atoms with E-state index in [1.807, 2.05) is 88.4 Å². The van der Waals surface area contributed by atoms with Crippen LogP contribution in [-0.2, 0) is 9.59 Å². The predicted octanol–water partition coefficient (Wildman–Crippen LogP) is 4.33. The molecular formula is C24H30N2O2. The molecule has 28 heavy (non-hydrogen) atoms. The van der Waals surface area contributed by atoms with Crippen molar-refractivity contribution in [2.45, 2.75) is 27.7 Å². The van der Waals surface area contributed by atoms with Gasteiger partial charge in [-0.05, 0) is 38.8 Å². The zero-order valence-corrected chi connectivity index (χ0v) is 17.3. The molecule has 148 valence electrons. The molecule has 0 unspecified atom stereocenters. The summed E-state index contributed by atoms with van der Waals surface area (Å²) in [6.45, 7) is 10.2. The first-order valence-corrected chi connectivity index (χ1v) is 10.0. The van der Waals surface area contributed by atoms with Gasteiger partial charge in [0, 0.05) is 26.2 Å². The number of carbonyl (C=O) groups excluding carboxylic acids is 2. The maximum Gasteiger partial charge on any atom is 0.255 e. The molecule has 2 aromatic carbocycles. The van der Waals surface area contributed by atoms with Crippen molar-refractivity contribution in [3.05, 3.63) is 71.8 Å². The van der Waals surface area contributed by atoms with Crippen LogP contribution < -0.4 is 0 Å². The second-order valence-electron chi connectivity index (χ2n) is 6.44. The summed E-state index contributed by atoms with van der Waals surface area (Å²) >= 11 is 0. The molecule has 0 saturated carbocycles. The molecule has 0 saturated heterocycles. The molecule has 0 N–H and O–H groups in total.